The number of carbonyl (C=O) groups is 2. The molecule has 0 spiro atoms. The molecule has 1 heterocycles. The summed E-state index contributed by atoms with van der Waals surface area (Å²) in [5.41, 5.74) is 0.673. The summed E-state index contributed by atoms with van der Waals surface area (Å²) >= 11 is 0. The van der Waals surface area contributed by atoms with Gasteiger partial charge in [-0.3, -0.25) is 4.79 Å². The average molecular weight is 465 g/mol. The second-order valence-corrected chi connectivity index (χ2v) is 9.43. The fourth-order valence-electron chi connectivity index (χ4n) is 3.68. The molecule has 0 bridgehead atoms. The van der Waals surface area contributed by atoms with Gasteiger partial charge in [0.05, 0.1) is 12.0 Å². The van der Waals surface area contributed by atoms with Gasteiger partial charge in [0.25, 0.3) is 0 Å². The fraction of sp³-hybridized carbons (Fsp3) is 0.364. The van der Waals surface area contributed by atoms with E-state index in [4.69, 9.17) is 4.74 Å². The Labute approximate surface area is 186 Å². The summed E-state index contributed by atoms with van der Waals surface area (Å²) in [7, 11) is -2.61. The Bertz CT molecular complexity index is 1070. The fourth-order valence-corrected chi connectivity index (χ4v) is 5.37. The van der Waals surface area contributed by atoms with E-state index >= 15 is 0 Å². The van der Waals surface area contributed by atoms with Crippen LogP contribution >= 0.6 is 0 Å². The molecule has 1 fully saturated rings. The second-order valence-electron chi connectivity index (χ2n) is 7.54. The van der Waals surface area contributed by atoms with E-state index in [1.807, 2.05) is 0 Å². The number of carboxylic acid groups (broad SMARTS) is 1. The van der Waals surface area contributed by atoms with Gasteiger partial charge in [0.1, 0.15) is 23.7 Å². The third-order valence-corrected chi connectivity index (χ3v) is 7.28. The van der Waals surface area contributed by atoms with Crippen LogP contribution in [0.3, 0.4) is 0 Å². The molecule has 1 aliphatic rings. The maximum atomic E-state index is 13.6. The molecule has 32 heavy (non-hydrogen) atoms. The molecule has 10 heteroatoms. The van der Waals surface area contributed by atoms with Crippen molar-refractivity contribution in [3.63, 3.8) is 0 Å². The van der Waals surface area contributed by atoms with Crippen LogP contribution in [0.5, 0.6) is 5.75 Å². The van der Waals surface area contributed by atoms with Crippen LogP contribution in [0.2, 0.25) is 0 Å². The Balaban J connectivity index is 1.78. The molecule has 2 atom stereocenters. The SMILES string of the molecule is COc1ccc(C[C@H](NC(=O)C2CCCCN2S(=O)(=O)c2cccc(F)c2)C(=O)O)cc1. The summed E-state index contributed by atoms with van der Waals surface area (Å²) in [4.78, 5) is 24.5. The minimum Gasteiger partial charge on any atom is -0.497 e. The number of hydrogen-bond donors (Lipinski definition) is 2. The van der Waals surface area contributed by atoms with E-state index in [9.17, 15) is 27.5 Å². The van der Waals surface area contributed by atoms with Crippen LogP contribution in [-0.4, -0.2) is 55.4 Å². The molecule has 3 rings (SSSR count). The summed E-state index contributed by atoms with van der Waals surface area (Å²) in [5, 5.41) is 12.1. The van der Waals surface area contributed by atoms with Crippen molar-refractivity contribution in [3.05, 3.63) is 59.9 Å². The molecule has 0 radical (unpaired) electrons. The molecule has 0 aromatic heterocycles. The molecule has 1 aliphatic heterocycles. The lowest BCUT2D eigenvalue weighted by atomic mass is 10.0. The molecule has 172 valence electrons. The minimum absolute atomic E-state index is 0.0223. The first-order valence-electron chi connectivity index (χ1n) is 10.2. The van der Waals surface area contributed by atoms with Crippen LogP contribution < -0.4 is 10.1 Å². The van der Waals surface area contributed by atoms with E-state index in [0.717, 1.165) is 16.4 Å². The van der Waals surface area contributed by atoms with Crippen molar-refractivity contribution >= 4 is 21.9 Å². The van der Waals surface area contributed by atoms with E-state index in [-0.39, 0.29) is 24.3 Å². The molecule has 1 amide bonds. The van der Waals surface area contributed by atoms with Gasteiger partial charge < -0.3 is 15.2 Å². The highest BCUT2D eigenvalue weighted by molar-refractivity contribution is 7.89. The molecule has 1 unspecified atom stereocenters. The predicted molar refractivity (Wildman–Crippen MR) is 114 cm³/mol. The maximum Gasteiger partial charge on any atom is 0.326 e. The van der Waals surface area contributed by atoms with Gasteiger partial charge >= 0.3 is 5.97 Å². The molecule has 1 saturated heterocycles. The van der Waals surface area contributed by atoms with Gasteiger partial charge in [-0.15, -0.1) is 0 Å². The summed E-state index contributed by atoms with van der Waals surface area (Å²) in [6.45, 7) is 0.0904. The van der Waals surface area contributed by atoms with E-state index < -0.39 is 39.8 Å². The summed E-state index contributed by atoms with van der Waals surface area (Å²) in [6, 6.07) is 9.05. The average Bonchev–Trinajstić information content (AvgIpc) is 2.79. The number of aliphatic carboxylic acids is 1. The zero-order valence-corrected chi connectivity index (χ0v) is 18.3. The smallest absolute Gasteiger partial charge is 0.326 e. The van der Waals surface area contributed by atoms with Crippen molar-refractivity contribution in [1.82, 2.24) is 9.62 Å². The monoisotopic (exact) mass is 464 g/mol. The van der Waals surface area contributed by atoms with Gasteiger partial charge in [-0.25, -0.2) is 17.6 Å². The molecular formula is C22H25FN2O6S. The standard InChI is InChI=1S/C22H25FN2O6S/c1-31-17-10-8-15(9-11-17)13-19(22(27)28)24-21(26)20-7-2-3-12-25(20)32(29,30)18-6-4-5-16(23)14-18/h4-6,8-11,14,19-20H,2-3,7,12-13H2,1H3,(H,24,26)(H,27,28)/t19-,20?/m0/s1. The van der Waals surface area contributed by atoms with Crippen LogP contribution in [0.1, 0.15) is 24.8 Å². The third kappa shape index (κ3) is 5.43. The van der Waals surface area contributed by atoms with Gasteiger partial charge in [0, 0.05) is 13.0 Å². The van der Waals surface area contributed by atoms with Crippen LogP contribution in [0, 0.1) is 5.82 Å². The molecule has 0 aliphatic carbocycles. The largest absolute Gasteiger partial charge is 0.497 e. The molecule has 8 nitrogen and oxygen atoms in total. The number of halogens is 1. The zero-order valence-electron chi connectivity index (χ0n) is 17.5. The van der Waals surface area contributed by atoms with E-state index in [2.05, 4.69) is 5.32 Å². The van der Waals surface area contributed by atoms with Crippen LogP contribution in [0.15, 0.2) is 53.4 Å². The number of sulfonamides is 1. The number of methoxy groups -OCH3 is 1. The first-order valence-corrected chi connectivity index (χ1v) is 11.6. The van der Waals surface area contributed by atoms with Gasteiger partial charge in [-0.05, 0) is 48.7 Å². The molecular weight excluding hydrogens is 439 g/mol. The first kappa shape index (κ1) is 23.7. The minimum atomic E-state index is -4.13. The zero-order chi connectivity index (χ0) is 23.3. The van der Waals surface area contributed by atoms with Crippen molar-refractivity contribution in [2.45, 2.75) is 42.7 Å². The number of hydrogen-bond acceptors (Lipinski definition) is 5. The Morgan fingerprint density at radius 1 is 1.22 bits per heavy atom. The van der Waals surface area contributed by atoms with E-state index in [1.165, 1.54) is 19.2 Å². The van der Waals surface area contributed by atoms with Gasteiger partial charge in [-0.1, -0.05) is 24.6 Å². The topological polar surface area (TPSA) is 113 Å². The predicted octanol–water partition coefficient (Wildman–Crippen LogP) is 2.19. The number of carbonyl (C=O) groups excluding carboxylic acids is 1. The quantitative estimate of drug-likeness (QED) is 0.619. The Hall–Kier alpha value is -2.98. The lowest BCUT2D eigenvalue weighted by Gasteiger charge is -2.34. The van der Waals surface area contributed by atoms with Crippen molar-refractivity contribution in [2.24, 2.45) is 0 Å². The van der Waals surface area contributed by atoms with Gasteiger partial charge in [-0.2, -0.15) is 4.31 Å². The highest BCUT2D eigenvalue weighted by Crippen LogP contribution is 2.26. The maximum absolute atomic E-state index is 13.6. The summed E-state index contributed by atoms with van der Waals surface area (Å²) in [6.07, 6.45) is 1.43. The summed E-state index contributed by atoms with van der Waals surface area (Å²) in [5.74, 6) is -2.00. The van der Waals surface area contributed by atoms with Crippen molar-refractivity contribution < 1.29 is 32.2 Å². The lowest BCUT2D eigenvalue weighted by molar-refractivity contribution is -0.142. The first-order chi connectivity index (χ1) is 15.2. The van der Waals surface area contributed by atoms with Gasteiger partial charge in [0.2, 0.25) is 15.9 Å². The van der Waals surface area contributed by atoms with E-state index in [1.54, 1.807) is 24.3 Å². The Morgan fingerprint density at radius 2 is 1.94 bits per heavy atom. The Morgan fingerprint density at radius 3 is 2.56 bits per heavy atom. The third-order valence-electron chi connectivity index (χ3n) is 5.37. The van der Waals surface area contributed by atoms with E-state index in [0.29, 0.717) is 24.2 Å². The molecule has 2 aromatic rings. The van der Waals surface area contributed by atoms with Gasteiger partial charge in [0.15, 0.2) is 0 Å². The van der Waals surface area contributed by atoms with Crippen LogP contribution in [-0.2, 0) is 26.0 Å². The number of nitrogens with one attached hydrogen (secondary N) is 1. The van der Waals surface area contributed by atoms with Crippen molar-refractivity contribution in [2.75, 3.05) is 13.7 Å². The van der Waals surface area contributed by atoms with Crippen molar-refractivity contribution in [3.8, 4) is 5.75 Å². The number of ether oxygens (including phenoxy) is 1. The normalized spacial score (nSPS) is 18.0. The van der Waals surface area contributed by atoms with Crippen LogP contribution in [0.4, 0.5) is 4.39 Å². The number of rotatable bonds is 8. The number of benzene rings is 2. The highest BCUT2D eigenvalue weighted by Gasteiger charge is 2.39. The number of nitrogens with zero attached hydrogens (tertiary/aromatic N) is 1. The van der Waals surface area contributed by atoms with Crippen LogP contribution in [0.25, 0.3) is 0 Å². The molecule has 0 saturated carbocycles. The summed E-state index contributed by atoms with van der Waals surface area (Å²) < 4.78 is 45.9. The number of piperidine rings is 1. The molecule has 2 N–H and O–H groups in total. The lowest BCUT2D eigenvalue weighted by Crippen LogP contribution is -2.55. The molecule has 2 aromatic carbocycles. The number of carboxylic acids is 1. The second kappa shape index (κ2) is 10.1. The van der Waals surface area contributed by atoms with Crippen molar-refractivity contribution in [1.29, 1.82) is 0 Å². The Kier molecular flexibility index (Phi) is 7.47. The highest BCUT2D eigenvalue weighted by atomic mass is 32.2. The number of amides is 1.